The van der Waals surface area contributed by atoms with E-state index in [0.29, 0.717) is 11.8 Å². The third-order valence-corrected chi connectivity index (χ3v) is 4.58. The quantitative estimate of drug-likeness (QED) is 0.897. The molecule has 0 radical (unpaired) electrons. The van der Waals surface area contributed by atoms with Crippen LogP contribution < -0.4 is 0 Å². The van der Waals surface area contributed by atoms with Crippen molar-refractivity contribution in [1.29, 1.82) is 0 Å². The van der Waals surface area contributed by atoms with E-state index in [1.807, 2.05) is 10.9 Å². The van der Waals surface area contributed by atoms with Gasteiger partial charge in [0.05, 0.1) is 18.0 Å². The molecular weight excluding hydrogens is 226 g/mol. The van der Waals surface area contributed by atoms with E-state index in [4.69, 9.17) is 0 Å². The van der Waals surface area contributed by atoms with Crippen molar-refractivity contribution in [1.82, 2.24) is 15.0 Å². The Labute approximate surface area is 109 Å². The van der Waals surface area contributed by atoms with Gasteiger partial charge in [0.1, 0.15) is 0 Å². The lowest BCUT2D eigenvalue weighted by molar-refractivity contribution is 0.0121. The lowest BCUT2D eigenvalue weighted by atomic mass is 9.66. The minimum atomic E-state index is -0.205. The van der Waals surface area contributed by atoms with Crippen molar-refractivity contribution in [3.05, 3.63) is 11.9 Å². The van der Waals surface area contributed by atoms with Crippen LogP contribution in [0.1, 0.15) is 52.7 Å². The van der Waals surface area contributed by atoms with E-state index >= 15 is 0 Å². The zero-order valence-electron chi connectivity index (χ0n) is 11.9. The van der Waals surface area contributed by atoms with E-state index in [2.05, 4.69) is 38.0 Å². The number of aliphatic hydroxyl groups excluding tert-OH is 1. The van der Waals surface area contributed by atoms with Gasteiger partial charge in [-0.3, -0.25) is 0 Å². The van der Waals surface area contributed by atoms with Gasteiger partial charge in [0, 0.05) is 12.0 Å². The fourth-order valence-corrected chi connectivity index (χ4v) is 3.37. The molecule has 0 aliphatic heterocycles. The van der Waals surface area contributed by atoms with Crippen LogP contribution in [0.5, 0.6) is 0 Å². The van der Waals surface area contributed by atoms with Crippen LogP contribution in [0.4, 0.5) is 0 Å². The number of hydrogen-bond donors (Lipinski definition) is 1. The van der Waals surface area contributed by atoms with Crippen molar-refractivity contribution < 1.29 is 5.11 Å². The molecule has 1 aromatic heterocycles. The summed E-state index contributed by atoms with van der Waals surface area (Å²) in [5, 5.41) is 18.5. The number of hydrogen-bond acceptors (Lipinski definition) is 3. The first kappa shape index (κ1) is 13.5. The van der Waals surface area contributed by atoms with Crippen molar-refractivity contribution in [2.24, 2.45) is 11.8 Å². The number of nitrogens with zero attached hydrogens (tertiary/aromatic N) is 3. The van der Waals surface area contributed by atoms with Crippen LogP contribution in [0, 0.1) is 11.8 Å². The largest absolute Gasteiger partial charge is 0.393 e. The molecule has 1 saturated carbocycles. The number of aryl methyl sites for hydroxylation is 1. The van der Waals surface area contributed by atoms with E-state index in [-0.39, 0.29) is 11.5 Å². The molecule has 0 spiro atoms. The first-order chi connectivity index (χ1) is 8.46. The summed E-state index contributed by atoms with van der Waals surface area (Å²) in [5.74, 6) is 0.943. The predicted molar refractivity (Wildman–Crippen MR) is 71.2 cm³/mol. The Kier molecular flexibility index (Phi) is 3.76. The molecule has 18 heavy (non-hydrogen) atoms. The predicted octanol–water partition coefficient (Wildman–Crippen LogP) is 2.37. The fourth-order valence-electron chi connectivity index (χ4n) is 3.37. The van der Waals surface area contributed by atoms with E-state index in [0.717, 1.165) is 25.1 Å². The molecule has 0 bridgehead atoms. The number of rotatable bonds is 3. The molecule has 3 atom stereocenters. The molecule has 1 aliphatic rings. The second-order valence-corrected chi connectivity index (χ2v) is 6.25. The highest BCUT2D eigenvalue weighted by Crippen LogP contribution is 2.42. The van der Waals surface area contributed by atoms with E-state index in [1.165, 1.54) is 6.42 Å². The molecule has 4 heteroatoms. The molecule has 3 unspecified atom stereocenters. The van der Waals surface area contributed by atoms with Crippen LogP contribution >= 0.6 is 0 Å². The normalized spacial score (nSPS) is 29.5. The van der Waals surface area contributed by atoms with Crippen molar-refractivity contribution in [2.45, 2.75) is 65.0 Å². The van der Waals surface area contributed by atoms with E-state index in [1.54, 1.807) is 0 Å². The highest BCUT2D eigenvalue weighted by molar-refractivity contribution is 5.14. The zero-order chi connectivity index (χ0) is 13.3. The van der Waals surface area contributed by atoms with Gasteiger partial charge in [-0.2, -0.15) is 0 Å². The molecule has 1 fully saturated rings. The molecule has 1 N–H and O–H groups in total. The van der Waals surface area contributed by atoms with Crippen LogP contribution in [-0.4, -0.2) is 26.2 Å². The van der Waals surface area contributed by atoms with Gasteiger partial charge in [-0.1, -0.05) is 32.4 Å². The minimum absolute atomic E-state index is 0.0704. The maximum atomic E-state index is 10.4. The molecule has 2 rings (SSSR count). The van der Waals surface area contributed by atoms with Crippen LogP contribution in [0.15, 0.2) is 6.20 Å². The minimum Gasteiger partial charge on any atom is -0.393 e. The number of aromatic nitrogens is 3. The van der Waals surface area contributed by atoms with Crippen molar-refractivity contribution in [3.8, 4) is 0 Å². The molecular formula is C14H25N3O. The van der Waals surface area contributed by atoms with Gasteiger partial charge in [0.25, 0.3) is 0 Å². The molecule has 1 heterocycles. The zero-order valence-corrected chi connectivity index (χ0v) is 11.9. The van der Waals surface area contributed by atoms with Gasteiger partial charge in [-0.15, -0.1) is 5.10 Å². The smallest absolute Gasteiger partial charge is 0.0730 e. The lowest BCUT2D eigenvalue weighted by Gasteiger charge is -2.41. The van der Waals surface area contributed by atoms with Gasteiger partial charge in [0.2, 0.25) is 0 Å². The molecule has 0 amide bonds. The first-order valence-electron chi connectivity index (χ1n) is 7.03. The highest BCUT2D eigenvalue weighted by atomic mass is 16.3. The second-order valence-electron chi connectivity index (χ2n) is 6.25. The SMILES string of the molecule is CCn1nncc1C(C)(C)C1CCC(C)CC1O. The maximum absolute atomic E-state index is 10.4. The van der Waals surface area contributed by atoms with Crippen LogP contribution in [0.2, 0.25) is 0 Å². The van der Waals surface area contributed by atoms with E-state index < -0.39 is 0 Å². The van der Waals surface area contributed by atoms with Crippen LogP contribution in [-0.2, 0) is 12.0 Å². The number of aliphatic hydroxyl groups is 1. The van der Waals surface area contributed by atoms with Gasteiger partial charge < -0.3 is 5.11 Å². The van der Waals surface area contributed by atoms with Gasteiger partial charge >= 0.3 is 0 Å². The molecule has 1 aromatic rings. The molecule has 4 nitrogen and oxygen atoms in total. The average molecular weight is 251 g/mol. The van der Waals surface area contributed by atoms with Crippen LogP contribution in [0.3, 0.4) is 0 Å². The Bertz CT molecular complexity index is 399. The Balaban J connectivity index is 2.25. The topological polar surface area (TPSA) is 50.9 Å². The summed E-state index contributed by atoms with van der Waals surface area (Å²) in [6.07, 6.45) is 4.86. The van der Waals surface area contributed by atoms with Crippen molar-refractivity contribution in [2.75, 3.05) is 0 Å². The molecule has 0 saturated heterocycles. The lowest BCUT2D eigenvalue weighted by Crippen LogP contribution is -2.42. The molecule has 102 valence electrons. The standard InChI is InChI=1S/C14H25N3O/c1-5-17-13(9-15-16-17)14(3,4)11-7-6-10(2)8-12(11)18/h9-12,18H,5-8H2,1-4H3. The van der Waals surface area contributed by atoms with Crippen molar-refractivity contribution >= 4 is 0 Å². The van der Waals surface area contributed by atoms with Crippen LogP contribution in [0.25, 0.3) is 0 Å². The Hall–Kier alpha value is -0.900. The van der Waals surface area contributed by atoms with E-state index in [9.17, 15) is 5.11 Å². The third kappa shape index (κ3) is 2.30. The summed E-state index contributed by atoms with van der Waals surface area (Å²) < 4.78 is 1.95. The summed E-state index contributed by atoms with van der Waals surface area (Å²) in [4.78, 5) is 0. The summed E-state index contributed by atoms with van der Waals surface area (Å²) in [7, 11) is 0. The fraction of sp³-hybridized carbons (Fsp3) is 0.857. The first-order valence-corrected chi connectivity index (χ1v) is 7.03. The monoisotopic (exact) mass is 251 g/mol. The highest BCUT2D eigenvalue weighted by Gasteiger charge is 2.41. The molecule has 0 aromatic carbocycles. The third-order valence-electron chi connectivity index (χ3n) is 4.58. The Morgan fingerprint density at radius 3 is 2.78 bits per heavy atom. The Morgan fingerprint density at radius 2 is 2.17 bits per heavy atom. The molecule has 1 aliphatic carbocycles. The average Bonchev–Trinajstić information content (AvgIpc) is 2.76. The van der Waals surface area contributed by atoms with Gasteiger partial charge in [0.15, 0.2) is 0 Å². The van der Waals surface area contributed by atoms with Gasteiger partial charge in [-0.05, 0) is 31.6 Å². The maximum Gasteiger partial charge on any atom is 0.0730 e. The second kappa shape index (κ2) is 5.00. The summed E-state index contributed by atoms with van der Waals surface area (Å²) in [5.41, 5.74) is 1.07. The summed E-state index contributed by atoms with van der Waals surface area (Å²) in [6, 6.07) is 0. The summed E-state index contributed by atoms with van der Waals surface area (Å²) >= 11 is 0. The van der Waals surface area contributed by atoms with Crippen molar-refractivity contribution in [3.63, 3.8) is 0 Å². The summed E-state index contributed by atoms with van der Waals surface area (Å²) in [6.45, 7) is 9.55. The van der Waals surface area contributed by atoms with Gasteiger partial charge in [-0.25, -0.2) is 4.68 Å². The Morgan fingerprint density at radius 1 is 1.44 bits per heavy atom.